The van der Waals surface area contributed by atoms with Gasteiger partial charge in [0.15, 0.2) is 0 Å². The van der Waals surface area contributed by atoms with Gasteiger partial charge in [-0.3, -0.25) is 4.79 Å². The van der Waals surface area contributed by atoms with Crippen LogP contribution in [0, 0.1) is 0 Å². The van der Waals surface area contributed by atoms with Crippen LogP contribution < -0.4 is 16.6 Å². The molecule has 0 bridgehead atoms. The number of nitrogen functional groups attached to an aromatic ring is 1. The molecule has 6 heteroatoms. The van der Waals surface area contributed by atoms with Gasteiger partial charge in [0.1, 0.15) is 5.82 Å². The average Bonchev–Trinajstić information content (AvgIpc) is 2.42. The molecule has 1 amide bonds. The summed E-state index contributed by atoms with van der Waals surface area (Å²) >= 11 is 0. The highest BCUT2D eigenvalue weighted by atomic mass is 16.5. The Hall–Kier alpha value is -1.66. The van der Waals surface area contributed by atoms with Crippen molar-refractivity contribution in [3.05, 3.63) is 23.4 Å². The summed E-state index contributed by atoms with van der Waals surface area (Å²) in [6, 6.07) is 3.41. The third kappa shape index (κ3) is 5.14. The molecule has 0 radical (unpaired) electrons. The van der Waals surface area contributed by atoms with Gasteiger partial charge in [0.25, 0.3) is 5.91 Å². The summed E-state index contributed by atoms with van der Waals surface area (Å²) in [5, 5.41) is 2.81. The van der Waals surface area contributed by atoms with Crippen LogP contribution in [0.15, 0.2) is 12.1 Å². The van der Waals surface area contributed by atoms with E-state index in [1.165, 1.54) is 0 Å². The molecule has 0 aromatic carbocycles. The molecule has 0 fully saturated rings. The van der Waals surface area contributed by atoms with Crippen LogP contribution in [-0.4, -0.2) is 30.1 Å². The molecule has 112 valence electrons. The Kier molecular flexibility index (Phi) is 6.41. The van der Waals surface area contributed by atoms with E-state index in [0.717, 1.165) is 5.69 Å². The lowest BCUT2D eigenvalue weighted by atomic mass is 10.1. The van der Waals surface area contributed by atoms with Gasteiger partial charge in [-0.2, -0.15) is 0 Å². The third-order valence-electron chi connectivity index (χ3n) is 2.69. The minimum absolute atomic E-state index is 0.154. The fraction of sp³-hybridized carbons (Fsp3) is 0.571. The van der Waals surface area contributed by atoms with Crippen molar-refractivity contribution in [2.75, 3.05) is 18.6 Å². The van der Waals surface area contributed by atoms with E-state index in [2.05, 4.69) is 15.7 Å². The van der Waals surface area contributed by atoms with Crippen LogP contribution in [0.5, 0.6) is 0 Å². The first-order chi connectivity index (χ1) is 9.43. The lowest BCUT2D eigenvalue weighted by Gasteiger charge is -2.12. The average molecular weight is 280 g/mol. The van der Waals surface area contributed by atoms with Crippen LogP contribution in [0.2, 0.25) is 0 Å². The monoisotopic (exact) mass is 280 g/mol. The number of amides is 1. The molecule has 20 heavy (non-hydrogen) atoms. The van der Waals surface area contributed by atoms with Gasteiger partial charge in [-0.15, -0.1) is 0 Å². The van der Waals surface area contributed by atoms with Gasteiger partial charge in [-0.05, 0) is 31.9 Å². The van der Waals surface area contributed by atoms with Crippen LogP contribution >= 0.6 is 0 Å². The predicted molar refractivity (Wildman–Crippen MR) is 79.6 cm³/mol. The summed E-state index contributed by atoms with van der Waals surface area (Å²) in [7, 11) is 0. The van der Waals surface area contributed by atoms with Crippen molar-refractivity contribution in [1.82, 2.24) is 10.3 Å². The predicted octanol–water partition coefficient (Wildman–Crippen LogP) is 1.65. The second-order valence-corrected chi connectivity index (χ2v) is 5.14. The Morgan fingerprint density at radius 3 is 2.60 bits per heavy atom. The normalized spacial score (nSPS) is 10.9. The largest absolute Gasteiger partial charge is 0.377 e. The Balaban J connectivity index is 2.69. The number of rotatable bonds is 7. The van der Waals surface area contributed by atoms with Gasteiger partial charge >= 0.3 is 0 Å². The van der Waals surface area contributed by atoms with Gasteiger partial charge in [0, 0.05) is 17.8 Å². The molecular weight excluding hydrogens is 256 g/mol. The number of ether oxygens (including phenoxy) is 1. The maximum Gasteiger partial charge on any atom is 0.251 e. The number of hydrogen-bond donors (Lipinski definition) is 3. The molecule has 0 aliphatic carbocycles. The molecule has 0 aliphatic heterocycles. The Morgan fingerprint density at radius 2 is 2.05 bits per heavy atom. The number of aromatic nitrogens is 1. The van der Waals surface area contributed by atoms with Crippen LogP contribution in [-0.2, 0) is 4.74 Å². The summed E-state index contributed by atoms with van der Waals surface area (Å²) in [5.74, 6) is 5.93. The minimum atomic E-state index is -0.154. The number of pyridine rings is 1. The maximum absolute atomic E-state index is 12.1. The van der Waals surface area contributed by atoms with Crippen LogP contribution in [0.4, 0.5) is 5.82 Å². The van der Waals surface area contributed by atoms with E-state index in [-0.39, 0.29) is 17.9 Å². The first-order valence-electron chi connectivity index (χ1n) is 6.82. The smallest absolute Gasteiger partial charge is 0.251 e. The molecule has 0 saturated heterocycles. The highest BCUT2D eigenvalue weighted by molar-refractivity contribution is 5.95. The minimum Gasteiger partial charge on any atom is -0.377 e. The highest BCUT2D eigenvalue weighted by Crippen LogP contribution is 2.17. The summed E-state index contributed by atoms with van der Waals surface area (Å²) < 4.78 is 5.38. The fourth-order valence-corrected chi connectivity index (χ4v) is 1.61. The molecule has 0 unspecified atom stereocenters. The van der Waals surface area contributed by atoms with Crippen molar-refractivity contribution < 1.29 is 9.53 Å². The standard InChI is InChI=1S/C14H24N4O2/c1-9(2)12-7-11(8-13(17-12)18-15)14(19)16-5-6-20-10(3)4/h7-10H,5-6,15H2,1-4H3,(H,16,19)(H,17,18). The van der Waals surface area contributed by atoms with E-state index in [9.17, 15) is 4.79 Å². The molecular formula is C14H24N4O2. The van der Waals surface area contributed by atoms with E-state index < -0.39 is 0 Å². The number of nitrogens with zero attached hydrogens (tertiary/aromatic N) is 1. The van der Waals surface area contributed by atoms with Gasteiger partial charge in [0.05, 0.1) is 12.7 Å². The molecule has 1 heterocycles. The van der Waals surface area contributed by atoms with Crippen molar-refractivity contribution >= 4 is 11.7 Å². The topological polar surface area (TPSA) is 89.3 Å². The van der Waals surface area contributed by atoms with Gasteiger partial charge in [-0.25, -0.2) is 10.8 Å². The van der Waals surface area contributed by atoms with Crippen LogP contribution in [0.25, 0.3) is 0 Å². The summed E-state index contributed by atoms with van der Waals surface area (Å²) in [6.07, 6.45) is 0.161. The Bertz CT molecular complexity index is 447. The molecule has 1 rings (SSSR count). The van der Waals surface area contributed by atoms with E-state index in [1.807, 2.05) is 27.7 Å². The SMILES string of the molecule is CC(C)OCCNC(=O)c1cc(NN)nc(C(C)C)c1. The quantitative estimate of drug-likeness (QED) is 0.401. The maximum atomic E-state index is 12.1. The zero-order valence-corrected chi connectivity index (χ0v) is 12.6. The van der Waals surface area contributed by atoms with E-state index in [1.54, 1.807) is 12.1 Å². The fourth-order valence-electron chi connectivity index (χ4n) is 1.61. The first-order valence-corrected chi connectivity index (χ1v) is 6.82. The van der Waals surface area contributed by atoms with E-state index >= 15 is 0 Å². The van der Waals surface area contributed by atoms with Crippen LogP contribution in [0.1, 0.15) is 49.7 Å². The van der Waals surface area contributed by atoms with Crippen molar-refractivity contribution in [1.29, 1.82) is 0 Å². The second kappa shape index (κ2) is 7.81. The molecule has 0 saturated carbocycles. The molecule has 4 N–H and O–H groups in total. The molecule has 6 nitrogen and oxygen atoms in total. The summed E-state index contributed by atoms with van der Waals surface area (Å²) in [4.78, 5) is 16.4. The molecule has 1 aromatic heterocycles. The van der Waals surface area contributed by atoms with E-state index in [0.29, 0.717) is 24.5 Å². The second-order valence-electron chi connectivity index (χ2n) is 5.14. The number of carbonyl (C=O) groups is 1. The lowest BCUT2D eigenvalue weighted by molar-refractivity contribution is 0.0746. The Labute approximate surface area is 120 Å². The zero-order valence-electron chi connectivity index (χ0n) is 12.6. The lowest BCUT2D eigenvalue weighted by Crippen LogP contribution is -2.28. The number of carbonyl (C=O) groups excluding carboxylic acids is 1. The number of nitrogens with one attached hydrogen (secondary N) is 2. The molecule has 0 spiro atoms. The van der Waals surface area contributed by atoms with Gasteiger partial charge < -0.3 is 15.5 Å². The number of hydrogen-bond acceptors (Lipinski definition) is 5. The highest BCUT2D eigenvalue weighted by Gasteiger charge is 2.11. The number of nitrogens with two attached hydrogens (primary N) is 1. The van der Waals surface area contributed by atoms with Crippen molar-refractivity contribution in [2.45, 2.75) is 39.7 Å². The molecule has 0 aliphatic rings. The van der Waals surface area contributed by atoms with Gasteiger partial charge in [0.2, 0.25) is 0 Å². The molecule has 0 atom stereocenters. The first kappa shape index (κ1) is 16.4. The third-order valence-corrected chi connectivity index (χ3v) is 2.69. The number of anilines is 1. The Morgan fingerprint density at radius 1 is 1.35 bits per heavy atom. The summed E-state index contributed by atoms with van der Waals surface area (Å²) in [5.41, 5.74) is 3.85. The van der Waals surface area contributed by atoms with Crippen molar-refractivity contribution in [2.24, 2.45) is 5.84 Å². The van der Waals surface area contributed by atoms with Gasteiger partial charge in [-0.1, -0.05) is 13.8 Å². The van der Waals surface area contributed by atoms with Crippen LogP contribution in [0.3, 0.4) is 0 Å². The van der Waals surface area contributed by atoms with E-state index in [4.69, 9.17) is 10.6 Å². The summed E-state index contributed by atoms with van der Waals surface area (Å²) in [6.45, 7) is 8.91. The number of hydrazine groups is 1. The molecule has 1 aromatic rings. The van der Waals surface area contributed by atoms with Crippen molar-refractivity contribution in [3.63, 3.8) is 0 Å². The zero-order chi connectivity index (χ0) is 15.1. The van der Waals surface area contributed by atoms with Crippen molar-refractivity contribution in [3.8, 4) is 0 Å².